The van der Waals surface area contributed by atoms with Crippen LogP contribution in [0.25, 0.3) is 0 Å². The van der Waals surface area contributed by atoms with Crippen LogP contribution >= 0.6 is 15.9 Å². The number of halogens is 1. The van der Waals surface area contributed by atoms with E-state index in [-0.39, 0.29) is 11.3 Å². The predicted octanol–water partition coefficient (Wildman–Crippen LogP) is 3.36. The number of hydrazine groups is 1. The van der Waals surface area contributed by atoms with Crippen LogP contribution in [0.5, 0.6) is 5.75 Å². The highest BCUT2D eigenvalue weighted by Gasteiger charge is 2.24. The van der Waals surface area contributed by atoms with E-state index in [1.165, 1.54) is 19.2 Å². The number of aromatic carboxylic acids is 1. The Morgan fingerprint density at radius 2 is 1.96 bits per heavy atom. The lowest BCUT2D eigenvalue weighted by molar-refractivity contribution is -0.481. The van der Waals surface area contributed by atoms with Crippen LogP contribution in [0, 0.1) is 0 Å². The molecule has 0 aromatic heterocycles. The smallest absolute Gasteiger partial charge is 0.342 e. The molecule has 0 atom stereocenters. The molecule has 9 heteroatoms. The summed E-state index contributed by atoms with van der Waals surface area (Å²) in [6, 6.07) is 11.5. The van der Waals surface area contributed by atoms with Crippen LogP contribution in [0.3, 0.4) is 0 Å². The van der Waals surface area contributed by atoms with Gasteiger partial charge in [-0.2, -0.15) is 0 Å². The molecule has 25 heavy (non-hydrogen) atoms. The number of nitrogens with zero attached hydrogens (tertiary/aromatic N) is 2. The van der Waals surface area contributed by atoms with Crippen molar-refractivity contribution in [2.45, 2.75) is 0 Å². The topological polar surface area (TPSA) is 111 Å². The number of hydrogen-bond acceptors (Lipinski definition) is 4. The van der Waals surface area contributed by atoms with E-state index in [0.717, 1.165) is 4.81 Å². The molecule has 0 saturated carbocycles. The first-order valence-electron chi connectivity index (χ1n) is 7.04. The normalized spacial score (nSPS) is 11.0. The molecule has 0 spiro atoms. The number of azo groups is 1. The summed E-state index contributed by atoms with van der Waals surface area (Å²) in [6.45, 7) is -0.544. The van der Waals surface area contributed by atoms with Gasteiger partial charge in [-0.15, -0.1) is 5.43 Å². The fourth-order valence-electron chi connectivity index (χ4n) is 2.02. The Morgan fingerprint density at radius 1 is 1.24 bits per heavy atom. The highest BCUT2D eigenvalue weighted by molar-refractivity contribution is 9.10. The minimum absolute atomic E-state index is 0.0501. The molecule has 0 aliphatic heterocycles. The molecular formula is C16H15BrN3O5+. The zero-order valence-electron chi connectivity index (χ0n) is 13.1. The first kappa shape index (κ1) is 18.4. The second-order valence-corrected chi connectivity index (χ2v) is 5.70. The maximum Gasteiger partial charge on any atom is 0.342 e. The summed E-state index contributed by atoms with van der Waals surface area (Å²) in [5.41, 5.74) is 3.52. The molecule has 8 nitrogen and oxygen atoms in total. The van der Waals surface area contributed by atoms with Gasteiger partial charge < -0.3 is 14.9 Å². The summed E-state index contributed by atoms with van der Waals surface area (Å²) in [6.07, 6.45) is 0. The van der Waals surface area contributed by atoms with E-state index < -0.39 is 18.5 Å². The predicted molar refractivity (Wildman–Crippen MR) is 92.6 cm³/mol. The fourth-order valence-corrected chi connectivity index (χ4v) is 2.38. The van der Waals surface area contributed by atoms with E-state index in [9.17, 15) is 14.7 Å². The molecule has 3 N–H and O–H groups in total. The number of carboxylic acid groups (broad SMARTS) is 2. The Balaban J connectivity index is 2.53. The highest BCUT2D eigenvalue weighted by Crippen LogP contribution is 2.28. The number of nitrogens with one attached hydrogen (secondary N) is 1. The van der Waals surface area contributed by atoms with E-state index in [1.54, 1.807) is 30.3 Å². The van der Waals surface area contributed by atoms with Crippen molar-refractivity contribution in [2.75, 3.05) is 19.1 Å². The second-order valence-electron chi connectivity index (χ2n) is 4.78. The highest BCUT2D eigenvalue weighted by atomic mass is 79.9. The summed E-state index contributed by atoms with van der Waals surface area (Å²) in [4.78, 5) is 23.5. The summed E-state index contributed by atoms with van der Waals surface area (Å²) in [7, 11) is 1.49. The lowest BCUT2D eigenvalue weighted by Crippen LogP contribution is -2.18. The Bertz CT molecular complexity index is 838. The van der Waals surface area contributed by atoms with Crippen LogP contribution in [0.1, 0.15) is 10.4 Å². The second kappa shape index (κ2) is 8.25. The van der Waals surface area contributed by atoms with E-state index >= 15 is 0 Å². The third kappa shape index (κ3) is 4.77. The number of ether oxygens (including phenoxy) is 1. The van der Waals surface area contributed by atoms with Crippen molar-refractivity contribution in [3.8, 4) is 5.75 Å². The van der Waals surface area contributed by atoms with Gasteiger partial charge in [0.25, 0.3) is 5.69 Å². The lowest BCUT2D eigenvalue weighted by Gasteiger charge is -2.08. The van der Waals surface area contributed by atoms with Gasteiger partial charge in [-0.05, 0) is 24.3 Å². The third-order valence-corrected chi connectivity index (χ3v) is 3.59. The molecule has 0 aliphatic carbocycles. The number of para-hydroxylation sites is 2. The molecule has 2 rings (SSSR count). The standard InChI is InChI=1S/C16H14BrN3O5/c1-25-14-5-3-2-4-12(14)19-20(18-9-15(21)22)13-7-6-10(17)8-11(13)16(23)24/h2-8H,9H2,1H3,(H2-,18,19,21,22,23,24)/p+1. The van der Waals surface area contributed by atoms with Crippen molar-refractivity contribution >= 4 is 39.2 Å². The van der Waals surface area contributed by atoms with Crippen LogP contribution in [0.15, 0.2) is 52.1 Å². The van der Waals surface area contributed by atoms with Gasteiger partial charge in [0.15, 0.2) is 0 Å². The zero-order valence-corrected chi connectivity index (χ0v) is 14.7. The largest absolute Gasteiger partial charge is 0.494 e. The maximum atomic E-state index is 11.5. The van der Waals surface area contributed by atoms with Crippen molar-refractivity contribution in [2.24, 2.45) is 5.11 Å². The Labute approximate surface area is 151 Å². The van der Waals surface area contributed by atoms with Gasteiger partial charge in [0.1, 0.15) is 17.0 Å². The van der Waals surface area contributed by atoms with E-state index in [4.69, 9.17) is 9.84 Å². The molecule has 2 aromatic carbocycles. The monoisotopic (exact) mass is 408 g/mol. The van der Waals surface area contributed by atoms with Gasteiger partial charge in [-0.1, -0.05) is 28.1 Å². The van der Waals surface area contributed by atoms with Crippen LogP contribution in [-0.2, 0) is 4.79 Å². The van der Waals surface area contributed by atoms with Crippen molar-refractivity contribution < 1.29 is 29.3 Å². The zero-order chi connectivity index (χ0) is 18.4. The molecule has 0 fully saturated rings. The molecule has 2 aromatic rings. The minimum Gasteiger partial charge on any atom is -0.494 e. The van der Waals surface area contributed by atoms with E-state index in [1.807, 2.05) is 0 Å². The summed E-state index contributed by atoms with van der Waals surface area (Å²) in [5.74, 6) is -1.83. The Morgan fingerprint density at radius 3 is 2.60 bits per heavy atom. The van der Waals surface area contributed by atoms with Crippen LogP contribution < -0.4 is 10.2 Å². The SMILES string of the molecule is COc1ccccc1N[N+](=NCC(=O)O)c1ccc(Br)cc1C(=O)O. The average Bonchev–Trinajstić information content (AvgIpc) is 2.58. The van der Waals surface area contributed by atoms with Gasteiger partial charge in [-0.3, -0.25) is 0 Å². The quantitative estimate of drug-likeness (QED) is 0.367. The maximum absolute atomic E-state index is 11.5. The average molecular weight is 409 g/mol. The molecule has 130 valence electrons. The minimum atomic E-state index is -1.17. The number of rotatable bonds is 7. The number of carboxylic acids is 2. The Hall–Kier alpha value is -2.94. The summed E-state index contributed by atoms with van der Waals surface area (Å²) < 4.78 is 5.81. The van der Waals surface area contributed by atoms with Crippen molar-refractivity contribution in [1.82, 2.24) is 0 Å². The van der Waals surface area contributed by atoms with Crippen LogP contribution in [0.2, 0.25) is 0 Å². The van der Waals surface area contributed by atoms with Gasteiger partial charge in [-0.25, -0.2) is 9.59 Å². The van der Waals surface area contributed by atoms with Crippen molar-refractivity contribution in [3.05, 3.63) is 52.5 Å². The van der Waals surface area contributed by atoms with E-state index in [0.29, 0.717) is 15.9 Å². The van der Waals surface area contributed by atoms with Gasteiger partial charge in [0.05, 0.1) is 7.11 Å². The molecule has 0 amide bonds. The van der Waals surface area contributed by atoms with Crippen molar-refractivity contribution in [3.63, 3.8) is 0 Å². The molecule has 0 aliphatic rings. The number of carbonyl (C=O) groups is 2. The molecule has 0 saturated heterocycles. The Kier molecular flexibility index (Phi) is 6.07. The molecule has 0 bridgehead atoms. The van der Waals surface area contributed by atoms with Gasteiger partial charge in [0, 0.05) is 20.5 Å². The lowest BCUT2D eigenvalue weighted by atomic mass is 10.2. The number of aliphatic carboxylic acids is 1. The van der Waals surface area contributed by atoms with Gasteiger partial charge >= 0.3 is 11.9 Å². The number of hydrogen-bond donors (Lipinski definition) is 3. The number of benzene rings is 2. The molecule has 0 heterocycles. The molecule has 0 unspecified atom stereocenters. The number of methoxy groups -OCH3 is 1. The van der Waals surface area contributed by atoms with Crippen LogP contribution in [0.4, 0.5) is 11.4 Å². The third-order valence-electron chi connectivity index (χ3n) is 3.10. The summed E-state index contributed by atoms with van der Waals surface area (Å²) in [5, 5.41) is 22.3. The van der Waals surface area contributed by atoms with Gasteiger partial charge in [0.2, 0.25) is 6.54 Å². The summed E-state index contributed by atoms with van der Waals surface area (Å²) >= 11 is 3.22. The number of anilines is 1. The van der Waals surface area contributed by atoms with Crippen molar-refractivity contribution in [1.29, 1.82) is 0 Å². The fraction of sp³-hybridized carbons (Fsp3) is 0.125. The van der Waals surface area contributed by atoms with Crippen LogP contribution in [-0.4, -0.2) is 40.6 Å². The van der Waals surface area contributed by atoms with E-state index in [2.05, 4.69) is 26.5 Å². The molecular weight excluding hydrogens is 394 g/mol. The first-order valence-corrected chi connectivity index (χ1v) is 7.83. The molecule has 0 radical (unpaired) electrons. The first-order chi connectivity index (χ1) is 11.9.